The van der Waals surface area contributed by atoms with Crippen molar-refractivity contribution in [1.29, 1.82) is 0 Å². The van der Waals surface area contributed by atoms with Crippen LogP contribution in [0.1, 0.15) is 13.8 Å². The molecule has 0 aromatic heterocycles. The van der Waals surface area contributed by atoms with Gasteiger partial charge in [0.05, 0.1) is 13.2 Å². The lowest BCUT2D eigenvalue weighted by Crippen LogP contribution is -2.54. The Labute approximate surface area is 153 Å². The second-order valence-corrected chi connectivity index (χ2v) is 8.02. The quantitative estimate of drug-likeness (QED) is 0.790. The number of benzene rings is 1. The molecule has 9 heteroatoms. The lowest BCUT2D eigenvalue weighted by atomic mass is 10.2. The molecule has 25 heavy (non-hydrogen) atoms. The van der Waals surface area contributed by atoms with E-state index < -0.39 is 16.1 Å². The van der Waals surface area contributed by atoms with E-state index in [1.54, 1.807) is 17.9 Å². The van der Waals surface area contributed by atoms with E-state index in [1.807, 2.05) is 0 Å². The second kappa shape index (κ2) is 8.35. The van der Waals surface area contributed by atoms with Crippen LogP contribution in [0.2, 0.25) is 5.02 Å². The van der Waals surface area contributed by atoms with Gasteiger partial charge in [-0.15, -0.1) is 0 Å². The summed E-state index contributed by atoms with van der Waals surface area (Å²) in [5, 5.41) is 0.274. The third-order valence-electron chi connectivity index (χ3n) is 4.25. The third kappa shape index (κ3) is 4.84. The number of nitrogens with zero attached hydrogens (tertiary/aromatic N) is 2. The molecule has 0 bridgehead atoms. The van der Waals surface area contributed by atoms with Crippen LogP contribution in [-0.2, 0) is 14.8 Å². The van der Waals surface area contributed by atoms with Crippen LogP contribution in [0.3, 0.4) is 0 Å². The number of likely N-dealkylation sites (N-methyl/N-ethyl adjacent to an activating group) is 1. The Morgan fingerprint density at radius 3 is 2.52 bits per heavy atom. The number of hydrogen-bond acceptors (Lipinski definition) is 5. The van der Waals surface area contributed by atoms with Gasteiger partial charge in [-0.1, -0.05) is 18.5 Å². The topological polar surface area (TPSA) is 79.0 Å². The highest BCUT2D eigenvalue weighted by molar-refractivity contribution is 7.89. The monoisotopic (exact) mass is 389 g/mol. The van der Waals surface area contributed by atoms with E-state index in [4.69, 9.17) is 16.3 Å². The maximum absolute atomic E-state index is 12.6. The largest absolute Gasteiger partial charge is 0.495 e. The molecule has 0 unspecified atom stereocenters. The number of carbonyl (C=O) groups excluding carboxylic acids is 1. The van der Waals surface area contributed by atoms with Gasteiger partial charge >= 0.3 is 0 Å². The standard InChI is InChI=1S/C16H24ClN3O4S/c1-4-19-7-9-20(10-8-19)16(21)12(2)18-25(22,23)15-11-13(17)5-6-14(15)24-3/h5-6,11-12,18H,4,7-10H2,1-3H3/t12-/m1/s1. The van der Waals surface area contributed by atoms with Crippen LogP contribution in [0.25, 0.3) is 0 Å². The fourth-order valence-electron chi connectivity index (χ4n) is 2.77. The average Bonchev–Trinajstić information content (AvgIpc) is 2.60. The summed E-state index contributed by atoms with van der Waals surface area (Å²) in [7, 11) is -2.56. The van der Waals surface area contributed by atoms with Crippen LogP contribution in [0, 0.1) is 0 Å². The average molecular weight is 390 g/mol. The van der Waals surface area contributed by atoms with Crippen LogP contribution in [0.5, 0.6) is 5.75 Å². The van der Waals surface area contributed by atoms with Gasteiger partial charge in [0.15, 0.2) is 0 Å². The molecule has 0 spiro atoms. The van der Waals surface area contributed by atoms with Crippen molar-refractivity contribution in [3.05, 3.63) is 23.2 Å². The minimum absolute atomic E-state index is 0.0852. The summed E-state index contributed by atoms with van der Waals surface area (Å²) in [6.07, 6.45) is 0. The van der Waals surface area contributed by atoms with Crippen molar-refractivity contribution in [2.45, 2.75) is 24.8 Å². The Morgan fingerprint density at radius 1 is 1.32 bits per heavy atom. The Kier molecular flexibility index (Phi) is 6.67. The summed E-state index contributed by atoms with van der Waals surface area (Å²) < 4.78 is 32.8. The molecule has 1 fully saturated rings. The number of ether oxygens (including phenoxy) is 1. The summed E-state index contributed by atoms with van der Waals surface area (Å²) in [6.45, 7) is 7.35. The first-order valence-electron chi connectivity index (χ1n) is 8.15. The van der Waals surface area contributed by atoms with Gasteiger partial charge in [-0.05, 0) is 31.7 Å². The Hall–Kier alpha value is -1.35. The zero-order valence-corrected chi connectivity index (χ0v) is 16.2. The number of rotatable bonds is 6. The molecule has 0 saturated carbocycles. The number of methoxy groups -OCH3 is 1. The number of hydrogen-bond donors (Lipinski definition) is 1. The minimum Gasteiger partial charge on any atom is -0.495 e. The van der Waals surface area contributed by atoms with Crippen LogP contribution >= 0.6 is 11.6 Å². The smallest absolute Gasteiger partial charge is 0.245 e. The zero-order valence-electron chi connectivity index (χ0n) is 14.7. The first-order valence-corrected chi connectivity index (χ1v) is 10.0. The summed E-state index contributed by atoms with van der Waals surface area (Å²) in [6, 6.07) is 3.45. The molecule has 1 aromatic carbocycles. The molecule has 1 amide bonds. The normalized spacial score (nSPS) is 17.4. The highest BCUT2D eigenvalue weighted by Gasteiger charge is 2.29. The van der Waals surface area contributed by atoms with Crippen molar-refractivity contribution in [3.8, 4) is 5.75 Å². The molecule has 140 valence electrons. The van der Waals surface area contributed by atoms with E-state index >= 15 is 0 Å². The van der Waals surface area contributed by atoms with Crippen molar-refractivity contribution in [2.75, 3.05) is 39.8 Å². The molecule has 0 aliphatic carbocycles. The number of nitrogens with one attached hydrogen (secondary N) is 1. The van der Waals surface area contributed by atoms with E-state index in [1.165, 1.54) is 19.2 Å². The van der Waals surface area contributed by atoms with Gasteiger partial charge in [0.2, 0.25) is 15.9 Å². The summed E-state index contributed by atoms with van der Waals surface area (Å²) >= 11 is 5.90. The predicted octanol–water partition coefficient (Wildman–Crippen LogP) is 1.18. The molecular formula is C16H24ClN3O4S. The summed E-state index contributed by atoms with van der Waals surface area (Å²) in [5.41, 5.74) is 0. The lowest BCUT2D eigenvalue weighted by molar-refractivity contribution is -0.134. The fourth-order valence-corrected chi connectivity index (χ4v) is 4.39. The molecule has 0 radical (unpaired) electrons. The molecule has 2 rings (SSSR count). The molecule has 1 N–H and O–H groups in total. The van der Waals surface area contributed by atoms with E-state index in [2.05, 4.69) is 16.5 Å². The molecule has 1 heterocycles. The predicted molar refractivity (Wildman–Crippen MR) is 96.5 cm³/mol. The van der Waals surface area contributed by atoms with Crippen molar-refractivity contribution < 1.29 is 17.9 Å². The molecule has 1 aliphatic heterocycles. The van der Waals surface area contributed by atoms with Crippen LogP contribution in [-0.4, -0.2) is 70.0 Å². The molecule has 1 aliphatic rings. The van der Waals surface area contributed by atoms with E-state index in [0.29, 0.717) is 13.1 Å². The van der Waals surface area contributed by atoms with Gasteiger partial charge in [0.1, 0.15) is 10.6 Å². The van der Waals surface area contributed by atoms with Gasteiger partial charge in [-0.25, -0.2) is 8.42 Å². The molecule has 1 atom stereocenters. The number of sulfonamides is 1. The molecule has 7 nitrogen and oxygen atoms in total. The summed E-state index contributed by atoms with van der Waals surface area (Å²) in [4.78, 5) is 16.4. The summed E-state index contributed by atoms with van der Waals surface area (Å²) in [5.74, 6) is -0.0616. The second-order valence-electron chi connectivity index (χ2n) is 5.90. The van der Waals surface area contributed by atoms with Gasteiger partial charge in [0, 0.05) is 31.2 Å². The molecule has 1 aromatic rings. The lowest BCUT2D eigenvalue weighted by Gasteiger charge is -2.35. The zero-order chi connectivity index (χ0) is 18.6. The Morgan fingerprint density at radius 2 is 1.96 bits per heavy atom. The van der Waals surface area contributed by atoms with Crippen LogP contribution < -0.4 is 9.46 Å². The van der Waals surface area contributed by atoms with Crippen LogP contribution in [0.15, 0.2) is 23.1 Å². The van der Waals surface area contributed by atoms with Gasteiger partial charge < -0.3 is 14.5 Å². The number of carbonyl (C=O) groups is 1. The molecule has 1 saturated heterocycles. The van der Waals surface area contributed by atoms with Crippen molar-refractivity contribution in [3.63, 3.8) is 0 Å². The Bertz CT molecular complexity index is 718. The minimum atomic E-state index is -3.94. The first kappa shape index (κ1) is 20.0. The highest BCUT2D eigenvalue weighted by Crippen LogP contribution is 2.27. The van der Waals surface area contributed by atoms with E-state index in [-0.39, 0.29) is 21.6 Å². The van der Waals surface area contributed by atoms with Gasteiger partial charge in [-0.2, -0.15) is 4.72 Å². The van der Waals surface area contributed by atoms with Gasteiger partial charge in [0.25, 0.3) is 0 Å². The van der Waals surface area contributed by atoms with Crippen molar-refractivity contribution >= 4 is 27.5 Å². The first-order chi connectivity index (χ1) is 11.8. The van der Waals surface area contributed by atoms with Gasteiger partial charge in [-0.3, -0.25) is 4.79 Å². The van der Waals surface area contributed by atoms with Crippen molar-refractivity contribution in [2.24, 2.45) is 0 Å². The number of halogens is 1. The SMILES string of the molecule is CCN1CCN(C(=O)[C@@H](C)NS(=O)(=O)c2cc(Cl)ccc2OC)CC1. The third-order valence-corrected chi connectivity index (χ3v) is 6.05. The molecular weight excluding hydrogens is 366 g/mol. The van der Waals surface area contributed by atoms with E-state index in [9.17, 15) is 13.2 Å². The number of amides is 1. The maximum Gasteiger partial charge on any atom is 0.245 e. The Balaban J connectivity index is 2.10. The maximum atomic E-state index is 12.6. The number of piperazine rings is 1. The van der Waals surface area contributed by atoms with Crippen molar-refractivity contribution in [1.82, 2.24) is 14.5 Å². The van der Waals surface area contributed by atoms with Crippen LogP contribution in [0.4, 0.5) is 0 Å². The highest BCUT2D eigenvalue weighted by atomic mass is 35.5. The van der Waals surface area contributed by atoms with E-state index in [0.717, 1.165) is 19.6 Å². The fraction of sp³-hybridized carbons (Fsp3) is 0.562.